The Hall–Kier alpha value is -0.500. The van der Waals surface area contributed by atoms with Gasteiger partial charge in [0.1, 0.15) is 0 Å². The monoisotopic (exact) mass is 114 g/mol. The van der Waals surface area contributed by atoms with Gasteiger partial charge in [-0.15, -0.1) is 5.48 Å². The molecule has 2 heteroatoms. The van der Waals surface area contributed by atoms with Crippen LogP contribution in [0.15, 0.2) is 12.3 Å². The molecule has 0 aromatic carbocycles. The molecule has 0 rings (SSSR count). The molecule has 8 heavy (non-hydrogen) atoms. The molecule has 0 aliphatic heterocycles. The van der Waals surface area contributed by atoms with Gasteiger partial charge in [-0.2, -0.15) is 0 Å². The van der Waals surface area contributed by atoms with Crippen LogP contribution < -0.4 is 5.48 Å². The van der Waals surface area contributed by atoms with Crippen LogP contribution in [-0.2, 0) is 4.84 Å². The molecule has 1 radical (unpaired) electrons. The Kier molecular flexibility index (Phi) is 4.36. The average Bonchev–Trinajstić information content (AvgIpc) is 1.66. The zero-order chi connectivity index (χ0) is 6.41. The maximum Gasteiger partial charge on any atom is 0.0823 e. The van der Waals surface area contributed by atoms with Gasteiger partial charge in [0.25, 0.3) is 0 Å². The van der Waals surface area contributed by atoms with E-state index < -0.39 is 0 Å². The standard InChI is InChI=1S/C6H12NO/c1-4-5-7-8-6(2)3/h4-6H,1-3H3/b5-4-. The summed E-state index contributed by atoms with van der Waals surface area (Å²) >= 11 is 0. The van der Waals surface area contributed by atoms with Crippen molar-refractivity contribution >= 4 is 0 Å². The fourth-order valence-corrected chi connectivity index (χ4v) is 0.218. The number of rotatable bonds is 3. The fourth-order valence-electron chi connectivity index (χ4n) is 0.218. The first-order valence-corrected chi connectivity index (χ1v) is 2.74. The lowest BCUT2D eigenvalue weighted by Crippen LogP contribution is -2.06. The van der Waals surface area contributed by atoms with Gasteiger partial charge in [0.15, 0.2) is 0 Å². The van der Waals surface area contributed by atoms with Crippen molar-refractivity contribution in [3.63, 3.8) is 0 Å². The first kappa shape index (κ1) is 7.50. The van der Waals surface area contributed by atoms with Gasteiger partial charge in [-0.3, -0.25) is 0 Å². The summed E-state index contributed by atoms with van der Waals surface area (Å²) in [5.74, 6) is 0. The van der Waals surface area contributed by atoms with Gasteiger partial charge in [0.2, 0.25) is 0 Å². The summed E-state index contributed by atoms with van der Waals surface area (Å²) in [6.07, 6.45) is 3.63. The van der Waals surface area contributed by atoms with Crippen molar-refractivity contribution in [1.82, 2.24) is 5.48 Å². The van der Waals surface area contributed by atoms with E-state index in [0.717, 1.165) is 0 Å². The van der Waals surface area contributed by atoms with E-state index in [0.29, 0.717) is 0 Å². The van der Waals surface area contributed by atoms with Crippen LogP contribution in [0.3, 0.4) is 0 Å². The highest BCUT2D eigenvalue weighted by Crippen LogP contribution is 1.82. The third kappa shape index (κ3) is 5.50. The largest absolute Gasteiger partial charge is 0.249 e. The zero-order valence-electron chi connectivity index (χ0n) is 5.59. The van der Waals surface area contributed by atoms with Crippen molar-refractivity contribution < 1.29 is 4.84 Å². The van der Waals surface area contributed by atoms with E-state index in [-0.39, 0.29) is 6.10 Å². The van der Waals surface area contributed by atoms with E-state index in [1.54, 1.807) is 6.20 Å². The van der Waals surface area contributed by atoms with Gasteiger partial charge in [0, 0.05) is 0 Å². The van der Waals surface area contributed by atoms with E-state index in [1.165, 1.54) is 0 Å². The van der Waals surface area contributed by atoms with E-state index >= 15 is 0 Å². The zero-order valence-corrected chi connectivity index (χ0v) is 5.59. The van der Waals surface area contributed by atoms with E-state index in [4.69, 9.17) is 4.84 Å². The molecular formula is C6H12NO. The highest BCUT2D eigenvalue weighted by Gasteiger charge is 1.87. The van der Waals surface area contributed by atoms with Crippen molar-refractivity contribution in [2.24, 2.45) is 0 Å². The van der Waals surface area contributed by atoms with Crippen LogP contribution in [0.4, 0.5) is 0 Å². The Morgan fingerprint density at radius 3 is 2.50 bits per heavy atom. The molecule has 0 spiro atoms. The van der Waals surface area contributed by atoms with Crippen molar-refractivity contribution in [1.29, 1.82) is 0 Å². The van der Waals surface area contributed by atoms with Crippen molar-refractivity contribution in [3.8, 4) is 0 Å². The second-order valence-electron chi connectivity index (χ2n) is 1.74. The van der Waals surface area contributed by atoms with E-state index in [9.17, 15) is 0 Å². The molecular weight excluding hydrogens is 102 g/mol. The second kappa shape index (κ2) is 4.65. The Morgan fingerprint density at radius 1 is 1.50 bits per heavy atom. The lowest BCUT2D eigenvalue weighted by atomic mass is 10.5. The molecule has 0 bridgehead atoms. The van der Waals surface area contributed by atoms with E-state index in [1.807, 2.05) is 26.8 Å². The molecule has 0 aliphatic rings. The Balaban J connectivity index is 2.93. The van der Waals surface area contributed by atoms with Crippen LogP contribution in [0.2, 0.25) is 0 Å². The second-order valence-corrected chi connectivity index (χ2v) is 1.74. The van der Waals surface area contributed by atoms with Crippen LogP contribution in [0, 0.1) is 0 Å². The highest BCUT2D eigenvalue weighted by atomic mass is 16.7. The average molecular weight is 114 g/mol. The van der Waals surface area contributed by atoms with Crippen LogP contribution in [0.25, 0.3) is 0 Å². The maximum absolute atomic E-state index is 4.82. The van der Waals surface area contributed by atoms with Gasteiger partial charge in [-0.05, 0) is 20.8 Å². The number of hydrogen-bond acceptors (Lipinski definition) is 1. The first-order chi connectivity index (χ1) is 3.77. The molecule has 0 N–H and O–H groups in total. The molecule has 0 aromatic rings. The topological polar surface area (TPSA) is 23.3 Å². The fraction of sp³-hybridized carbons (Fsp3) is 0.667. The molecule has 2 nitrogen and oxygen atoms in total. The van der Waals surface area contributed by atoms with Crippen LogP contribution in [-0.4, -0.2) is 6.10 Å². The minimum atomic E-state index is 0.186. The van der Waals surface area contributed by atoms with E-state index in [2.05, 4.69) is 5.48 Å². The minimum Gasteiger partial charge on any atom is -0.249 e. The number of hydrogen-bond donors (Lipinski definition) is 0. The molecule has 0 saturated heterocycles. The smallest absolute Gasteiger partial charge is 0.0823 e. The molecule has 0 aromatic heterocycles. The Labute approximate surface area is 50.5 Å². The van der Waals surface area contributed by atoms with Gasteiger partial charge in [-0.1, -0.05) is 6.08 Å². The molecule has 0 fully saturated rings. The summed E-state index contributed by atoms with van der Waals surface area (Å²) in [4.78, 5) is 4.82. The van der Waals surface area contributed by atoms with Crippen LogP contribution in [0.1, 0.15) is 20.8 Å². The molecule has 0 saturated carbocycles. The summed E-state index contributed by atoms with van der Waals surface area (Å²) in [5, 5.41) is 0. The third-order valence-corrected chi connectivity index (χ3v) is 0.482. The lowest BCUT2D eigenvalue weighted by molar-refractivity contribution is 0.0142. The summed E-state index contributed by atoms with van der Waals surface area (Å²) in [7, 11) is 0. The summed E-state index contributed by atoms with van der Waals surface area (Å²) in [5.41, 5.74) is 3.61. The molecule has 0 atom stereocenters. The lowest BCUT2D eigenvalue weighted by Gasteiger charge is -1.99. The van der Waals surface area contributed by atoms with Gasteiger partial charge >= 0.3 is 0 Å². The van der Waals surface area contributed by atoms with Crippen LogP contribution >= 0.6 is 0 Å². The molecule has 0 heterocycles. The molecule has 0 aliphatic carbocycles. The summed E-state index contributed by atoms with van der Waals surface area (Å²) in [6, 6.07) is 0. The SMILES string of the molecule is C/C=C\[N]OC(C)C. The number of hydroxylamine groups is 1. The summed E-state index contributed by atoms with van der Waals surface area (Å²) in [6.45, 7) is 5.77. The molecule has 0 amide bonds. The quantitative estimate of drug-likeness (QED) is 0.509. The molecule has 47 valence electrons. The summed E-state index contributed by atoms with van der Waals surface area (Å²) < 4.78 is 0. The first-order valence-electron chi connectivity index (χ1n) is 2.74. The van der Waals surface area contributed by atoms with Crippen molar-refractivity contribution in [2.75, 3.05) is 0 Å². The van der Waals surface area contributed by atoms with Gasteiger partial charge in [-0.25, -0.2) is 4.84 Å². The molecule has 0 unspecified atom stereocenters. The Bertz CT molecular complexity index is 68.9. The van der Waals surface area contributed by atoms with Crippen molar-refractivity contribution in [3.05, 3.63) is 12.3 Å². The Morgan fingerprint density at radius 2 is 2.12 bits per heavy atom. The van der Waals surface area contributed by atoms with Crippen molar-refractivity contribution in [2.45, 2.75) is 26.9 Å². The number of allylic oxidation sites excluding steroid dienone is 1. The normalized spacial score (nSPS) is 11.0. The highest BCUT2D eigenvalue weighted by molar-refractivity contribution is 4.68. The predicted octanol–water partition coefficient (Wildman–Crippen LogP) is 1.46. The third-order valence-electron chi connectivity index (χ3n) is 0.482. The predicted molar refractivity (Wildman–Crippen MR) is 33.2 cm³/mol. The van der Waals surface area contributed by atoms with Crippen LogP contribution in [0.5, 0.6) is 0 Å². The maximum atomic E-state index is 4.82. The van der Waals surface area contributed by atoms with Gasteiger partial charge in [0.05, 0.1) is 12.3 Å². The minimum absolute atomic E-state index is 0.186. The van der Waals surface area contributed by atoms with Gasteiger partial charge < -0.3 is 0 Å². The number of nitrogens with zero attached hydrogens (tertiary/aromatic N) is 1.